The third-order valence-electron chi connectivity index (χ3n) is 2.66. The molecule has 0 aliphatic heterocycles. The Balaban J connectivity index is 2.39. The van der Waals surface area contributed by atoms with Crippen LogP contribution in [-0.2, 0) is 19.1 Å². The number of thioether (sulfide) groups is 1. The molecule has 1 rings (SSSR count). The molecule has 0 aliphatic rings. The average molecular weight is 311 g/mol. The second kappa shape index (κ2) is 9.41. The lowest BCUT2D eigenvalue weighted by Crippen LogP contribution is -2.38. The largest absolute Gasteiger partial charge is 0.452 e. The molecule has 6 heteroatoms. The summed E-state index contributed by atoms with van der Waals surface area (Å²) in [7, 11) is 1.55. The lowest BCUT2D eigenvalue weighted by atomic mass is 10.3. The van der Waals surface area contributed by atoms with Gasteiger partial charge in [0.25, 0.3) is 5.91 Å². The Labute approximate surface area is 129 Å². The summed E-state index contributed by atoms with van der Waals surface area (Å²) < 4.78 is 10.00. The molecule has 0 saturated carbocycles. The van der Waals surface area contributed by atoms with Crippen LogP contribution in [0.25, 0.3) is 0 Å². The number of esters is 1. The minimum absolute atomic E-state index is 0.322. The zero-order valence-corrected chi connectivity index (χ0v) is 13.3. The van der Waals surface area contributed by atoms with Gasteiger partial charge in [0.2, 0.25) is 0 Å². The summed E-state index contributed by atoms with van der Waals surface area (Å²) in [6, 6.07) is 9.59. The van der Waals surface area contributed by atoms with Gasteiger partial charge in [0.1, 0.15) is 5.25 Å². The highest BCUT2D eigenvalue weighted by molar-refractivity contribution is 8.00. The van der Waals surface area contributed by atoms with Crippen LogP contribution in [0.5, 0.6) is 0 Å². The molecular weight excluding hydrogens is 290 g/mol. The van der Waals surface area contributed by atoms with Crippen molar-refractivity contribution in [2.75, 3.05) is 20.3 Å². The third-order valence-corrected chi connectivity index (χ3v) is 3.75. The van der Waals surface area contributed by atoms with Crippen LogP contribution in [0.1, 0.15) is 13.8 Å². The van der Waals surface area contributed by atoms with E-state index in [1.165, 1.54) is 11.8 Å². The summed E-state index contributed by atoms with van der Waals surface area (Å²) in [4.78, 5) is 24.6. The Morgan fingerprint density at radius 2 is 1.90 bits per heavy atom. The van der Waals surface area contributed by atoms with Crippen LogP contribution in [0, 0.1) is 0 Å². The predicted molar refractivity (Wildman–Crippen MR) is 82.2 cm³/mol. The molecule has 5 nitrogen and oxygen atoms in total. The maximum absolute atomic E-state index is 11.9. The number of ether oxygens (including phenoxy) is 2. The summed E-state index contributed by atoms with van der Waals surface area (Å²) in [5, 5.41) is 2.26. The van der Waals surface area contributed by atoms with E-state index in [0.717, 1.165) is 4.90 Å². The van der Waals surface area contributed by atoms with E-state index < -0.39 is 12.1 Å². The van der Waals surface area contributed by atoms with Crippen molar-refractivity contribution in [2.24, 2.45) is 0 Å². The van der Waals surface area contributed by atoms with Crippen LogP contribution in [-0.4, -0.2) is 43.5 Å². The number of methoxy groups -OCH3 is 1. The Bertz CT molecular complexity index is 452. The van der Waals surface area contributed by atoms with Crippen molar-refractivity contribution < 1.29 is 19.1 Å². The zero-order chi connectivity index (χ0) is 15.7. The highest BCUT2D eigenvalue weighted by Gasteiger charge is 2.22. The van der Waals surface area contributed by atoms with Crippen LogP contribution < -0.4 is 5.32 Å². The van der Waals surface area contributed by atoms with Gasteiger partial charge in [0.05, 0.1) is 6.61 Å². The SMILES string of the molecule is COCCNC(=O)[C@H](C)OC(=O)[C@H](C)Sc1ccccc1. The van der Waals surface area contributed by atoms with Gasteiger partial charge < -0.3 is 14.8 Å². The molecule has 0 saturated heterocycles. The lowest BCUT2D eigenvalue weighted by molar-refractivity contribution is -0.154. The van der Waals surface area contributed by atoms with Crippen molar-refractivity contribution >= 4 is 23.6 Å². The normalized spacial score (nSPS) is 13.3. The van der Waals surface area contributed by atoms with Crippen LogP contribution in [0.4, 0.5) is 0 Å². The van der Waals surface area contributed by atoms with E-state index in [9.17, 15) is 9.59 Å². The van der Waals surface area contributed by atoms with Crippen LogP contribution in [0.15, 0.2) is 35.2 Å². The molecule has 0 radical (unpaired) electrons. The number of carbonyl (C=O) groups excluding carboxylic acids is 2. The molecule has 1 N–H and O–H groups in total. The first-order valence-corrected chi connectivity index (χ1v) is 7.61. The molecule has 0 fully saturated rings. The number of hydrogen-bond acceptors (Lipinski definition) is 5. The number of carbonyl (C=O) groups is 2. The monoisotopic (exact) mass is 311 g/mol. The Morgan fingerprint density at radius 1 is 1.24 bits per heavy atom. The van der Waals surface area contributed by atoms with Crippen molar-refractivity contribution in [3.8, 4) is 0 Å². The standard InChI is InChI=1S/C15H21NO4S/c1-11(14(17)16-9-10-19-3)20-15(18)12(2)21-13-7-5-4-6-8-13/h4-8,11-12H,9-10H2,1-3H3,(H,16,17)/t11-,12-/m0/s1. The number of rotatable bonds is 8. The van der Waals surface area contributed by atoms with Gasteiger partial charge in [-0.2, -0.15) is 0 Å². The Morgan fingerprint density at radius 3 is 2.52 bits per heavy atom. The summed E-state index contributed by atoms with van der Waals surface area (Å²) in [5.41, 5.74) is 0. The number of benzene rings is 1. The highest BCUT2D eigenvalue weighted by Crippen LogP contribution is 2.23. The lowest BCUT2D eigenvalue weighted by Gasteiger charge is -2.16. The third kappa shape index (κ3) is 6.64. The molecule has 2 atom stereocenters. The summed E-state index contributed by atoms with van der Waals surface area (Å²) in [6.07, 6.45) is -0.812. The second-order valence-corrected chi connectivity index (χ2v) is 5.85. The molecule has 116 valence electrons. The molecule has 0 unspecified atom stereocenters. The fourth-order valence-electron chi connectivity index (χ4n) is 1.49. The molecule has 21 heavy (non-hydrogen) atoms. The smallest absolute Gasteiger partial charge is 0.319 e. The molecule has 0 aromatic heterocycles. The van der Waals surface area contributed by atoms with Crippen LogP contribution >= 0.6 is 11.8 Å². The maximum Gasteiger partial charge on any atom is 0.319 e. The van der Waals surface area contributed by atoms with Gasteiger partial charge in [-0.15, -0.1) is 11.8 Å². The highest BCUT2D eigenvalue weighted by atomic mass is 32.2. The van der Waals surface area contributed by atoms with Gasteiger partial charge in [-0.05, 0) is 26.0 Å². The first kappa shape index (κ1) is 17.5. The van der Waals surface area contributed by atoms with E-state index in [1.54, 1.807) is 21.0 Å². The van der Waals surface area contributed by atoms with Gasteiger partial charge >= 0.3 is 5.97 Å². The summed E-state index contributed by atoms with van der Waals surface area (Å²) >= 11 is 1.40. The van der Waals surface area contributed by atoms with Gasteiger partial charge in [-0.3, -0.25) is 9.59 Å². The second-order valence-electron chi connectivity index (χ2n) is 4.44. The Hall–Kier alpha value is -1.53. The molecule has 1 aromatic rings. The maximum atomic E-state index is 11.9. The fraction of sp³-hybridized carbons (Fsp3) is 0.467. The van der Waals surface area contributed by atoms with Gasteiger partial charge in [0, 0.05) is 18.6 Å². The molecular formula is C15H21NO4S. The summed E-state index contributed by atoms with van der Waals surface area (Å²) in [5.74, 6) is -0.726. The minimum Gasteiger partial charge on any atom is -0.452 e. The quantitative estimate of drug-likeness (QED) is 0.451. The van der Waals surface area contributed by atoms with Crippen molar-refractivity contribution in [3.05, 3.63) is 30.3 Å². The van der Waals surface area contributed by atoms with Gasteiger partial charge in [-0.1, -0.05) is 18.2 Å². The van der Waals surface area contributed by atoms with E-state index in [4.69, 9.17) is 9.47 Å². The number of hydrogen-bond donors (Lipinski definition) is 1. The molecule has 1 aromatic carbocycles. The van der Waals surface area contributed by atoms with Gasteiger partial charge in [0.15, 0.2) is 6.10 Å². The fourth-order valence-corrected chi connectivity index (χ4v) is 2.37. The molecule has 0 spiro atoms. The number of nitrogens with one attached hydrogen (secondary N) is 1. The van der Waals surface area contributed by atoms with Crippen LogP contribution in [0.3, 0.4) is 0 Å². The van der Waals surface area contributed by atoms with Gasteiger partial charge in [-0.25, -0.2) is 0 Å². The Kier molecular flexibility index (Phi) is 7.85. The molecule has 0 bridgehead atoms. The van der Waals surface area contributed by atoms with Crippen molar-refractivity contribution in [1.82, 2.24) is 5.32 Å². The first-order chi connectivity index (χ1) is 10.0. The van der Waals surface area contributed by atoms with Crippen molar-refractivity contribution in [2.45, 2.75) is 30.1 Å². The predicted octanol–water partition coefficient (Wildman–Crippen LogP) is 1.86. The van der Waals surface area contributed by atoms with Crippen molar-refractivity contribution in [3.63, 3.8) is 0 Å². The molecule has 0 heterocycles. The van der Waals surface area contributed by atoms with E-state index in [2.05, 4.69) is 5.32 Å². The van der Waals surface area contributed by atoms with E-state index in [-0.39, 0.29) is 11.2 Å². The minimum atomic E-state index is -0.812. The number of amides is 1. The molecule has 0 aliphatic carbocycles. The van der Waals surface area contributed by atoms with Crippen molar-refractivity contribution in [1.29, 1.82) is 0 Å². The van der Waals surface area contributed by atoms with E-state index >= 15 is 0 Å². The van der Waals surface area contributed by atoms with E-state index in [1.807, 2.05) is 30.3 Å². The van der Waals surface area contributed by atoms with Crippen LogP contribution in [0.2, 0.25) is 0 Å². The average Bonchev–Trinajstić information content (AvgIpc) is 2.48. The molecule has 1 amide bonds. The van der Waals surface area contributed by atoms with E-state index in [0.29, 0.717) is 13.2 Å². The summed E-state index contributed by atoms with van der Waals surface area (Å²) in [6.45, 7) is 4.13. The zero-order valence-electron chi connectivity index (χ0n) is 12.5. The first-order valence-electron chi connectivity index (χ1n) is 6.73. The topological polar surface area (TPSA) is 64.6 Å².